The maximum Gasteiger partial charge on any atom is 0.162 e. The van der Waals surface area contributed by atoms with E-state index < -0.39 is 89.4 Å². The van der Waals surface area contributed by atoms with Gasteiger partial charge in [-0.05, 0) is 87.8 Å². The van der Waals surface area contributed by atoms with E-state index in [1.54, 1.807) is 19.2 Å². The minimum atomic E-state index is -1.07. The number of rotatable bonds is 18. The van der Waals surface area contributed by atoms with Crippen molar-refractivity contribution in [3.63, 3.8) is 0 Å². The number of hydrogen-bond donors (Lipinski definition) is 1. The van der Waals surface area contributed by atoms with Crippen LogP contribution in [0.15, 0.2) is 103 Å². The van der Waals surface area contributed by atoms with Crippen LogP contribution in [-0.4, -0.2) is 237 Å². The Bertz CT molecular complexity index is 2620. The van der Waals surface area contributed by atoms with E-state index >= 15 is 0 Å². The molecule has 2 unspecified atom stereocenters. The third-order valence-electron chi connectivity index (χ3n) is 14.8. The Morgan fingerprint density at radius 1 is 0.569 bits per heavy atom. The molecule has 2 atom stereocenters. The van der Waals surface area contributed by atoms with E-state index in [2.05, 4.69) is 88.7 Å². The van der Waals surface area contributed by atoms with Crippen molar-refractivity contribution in [2.24, 2.45) is 0 Å². The van der Waals surface area contributed by atoms with E-state index in [1.165, 1.54) is 38.5 Å². The van der Waals surface area contributed by atoms with Crippen LogP contribution < -0.4 is 9.47 Å². The van der Waals surface area contributed by atoms with Gasteiger partial charge in [-0.1, -0.05) is 66.7 Å². The Kier molecular flexibility index (Phi) is 19.8. The number of benzene rings is 5. The van der Waals surface area contributed by atoms with Crippen molar-refractivity contribution in [3.8, 4) is 11.5 Å². The van der Waals surface area contributed by atoms with Crippen LogP contribution in [0.4, 0.5) is 4.39 Å². The highest BCUT2D eigenvalue weighted by Crippen LogP contribution is 2.50. The zero-order valence-electron chi connectivity index (χ0n) is 40.8. The summed E-state index contributed by atoms with van der Waals surface area (Å²) in [5.74, 6) is 1.31. The highest BCUT2D eigenvalue weighted by atomic mass is 19.1. The van der Waals surface area contributed by atoms with Gasteiger partial charge in [0.25, 0.3) is 0 Å². The van der Waals surface area contributed by atoms with Gasteiger partial charge in [-0.15, -0.1) is 0 Å². The van der Waals surface area contributed by atoms with E-state index in [0.717, 1.165) is 47.5 Å². The van der Waals surface area contributed by atoms with E-state index in [-0.39, 0.29) is 17.9 Å². The fourth-order valence-corrected chi connectivity index (χ4v) is 11.7. The molecule has 0 saturated carbocycles. The largest absolute Gasteiger partial charge is 0.493 e. The minimum absolute atomic E-state index is 0.00368. The molecule has 1 aromatic heterocycles. The highest BCUT2D eigenvalue weighted by Gasteiger charge is 2.52. The van der Waals surface area contributed by atoms with Crippen molar-refractivity contribution in [2.75, 3.05) is 13.7 Å². The van der Waals surface area contributed by atoms with Crippen LogP contribution in [0.25, 0.3) is 21.7 Å². The van der Waals surface area contributed by atoms with Crippen molar-refractivity contribution in [1.82, 2.24) is 9.88 Å². The third-order valence-corrected chi connectivity index (χ3v) is 14.8. The van der Waals surface area contributed by atoms with Gasteiger partial charge in [-0.25, -0.2) is 4.39 Å². The lowest BCUT2D eigenvalue weighted by atomic mass is 8.31. The topological polar surface area (TPSA) is 37.5 Å². The van der Waals surface area contributed by atoms with Gasteiger partial charge < -0.3 is 14.5 Å². The van der Waals surface area contributed by atoms with Gasteiger partial charge in [0, 0.05) is 242 Å². The number of fused-ring (bicyclic) bond motifs is 7. The molecule has 0 fully saturated rings. The zero-order chi connectivity index (χ0) is 52.3. The summed E-state index contributed by atoms with van der Waals surface area (Å²) in [6.07, 6.45) is -11.9. The quantitative estimate of drug-likeness (QED) is 0.0931. The SMILES string of the molecule is COc1cc2c(cc1OCc1ccc3ccccc3c1)C1Cc3c([nH]c4ccccc34)C(c3ccc(F)cc3)N1CC2.[B]B([B])B(B([B])[B])B(B(B([B])[B])B([B])[B])B(B(B([B])[B])B([B])[B])B(B([B])[B])B([B])[B]. The van der Waals surface area contributed by atoms with E-state index in [4.69, 9.17) is 133 Å². The van der Waals surface area contributed by atoms with Gasteiger partial charge in [0.2, 0.25) is 0 Å². The van der Waals surface area contributed by atoms with Crippen LogP contribution in [0.1, 0.15) is 45.6 Å². The summed E-state index contributed by atoms with van der Waals surface area (Å²) in [6, 6.07) is 34.9. The van der Waals surface area contributed by atoms with Gasteiger partial charge in [0.15, 0.2) is 11.5 Å². The number of nitrogens with zero attached hydrogens (tertiary/aromatic N) is 1. The number of halogens is 1. The van der Waals surface area contributed by atoms with Gasteiger partial charge in [0.1, 0.15) is 12.4 Å². The second-order valence-corrected chi connectivity index (χ2v) is 19.5. The Balaban J connectivity index is 0.000000227. The molecule has 2 aliphatic heterocycles. The molecule has 72 heavy (non-hydrogen) atoms. The molecule has 32 radical (unpaired) electrons. The minimum Gasteiger partial charge on any atom is -0.493 e. The molecule has 6 aromatic rings. The summed E-state index contributed by atoms with van der Waals surface area (Å²) < 4.78 is 26.3. The first kappa shape index (κ1) is 57.1. The molecule has 0 aliphatic carbocycles. The number of H-pyrrole nitrogens is 1. The van der Waals surface area contributed by atoms with Gasteiger partial charge in [0.05, 0.1) is 13.2 Å². The Labute approximate surface area is 454 Å². The van der Waals surface area contributed by atoms with Crippen LogP contribution >= 0.6 is 0 Å². The second kappa shape index (κ2) is 25.0. The van der Waals surface area contributed by atoms with Gasteiger partial charge >= 0.3 is 0 Å². The fourth-order valence-electron chi connectivity index (χ4n) is 11.7. The number of nitrogens with one attached hydrogen (secondary N) is 1. The number of hydrogen-bond acceptors (Lipinski definition) is 3. The molecule has 0 amide bonds. The molecule has 5 aromatic carbocycles. The lowest BCUT2D eigenvalue weighted by Gasteiger charge is -2.50. The number of para-hydroxylation sites is 1. The number of aromatic amines is 1. The number of aromatic nitrogens is 1. The maximum absolute atomic E-state index is 14.0. The molecule has 2 aliphatic rings. The maximum atomic E-state index is 14.0. The summed E-state index contributed by atoms with van der Waals surface area (Å²) in [5.41, 5.74) is 8.48. The predicted octanol–water partition coefficient (Wildman–Crippen LogP) is -3.13. The molecule has 0 bridgehead atoms. The molecule has 1 N–H and O–H groups in total. The van der Waals surface area contributed by atoms with Crippen LogP contribution in [0, 0.1) is 5.82 Å². The van der Waals surface area contributed by atoms with E-state index in [0.29, 0.717) is 6.61 Å². The average molecular weight is 879 g/mol. The predicted molar refractivity (Wildman–Crippen MR) is 337 cm³/mol. The number of methoxy groups -OCH3 is 1. The normalized spacial score (nSPS) is 14.4. The second-order valence-electron chi connectivity index (χ2n) is 19.5. The molecular formula is C37H31B30FN2O2. The standard InChI is InChI=1S/C37H31FN2O2.B30/c1-41-34-19-27-16-17-40-33(30(27)21-35(34)42-22-23-10-11-24-6-2-3-7-26(24)18-23)20-31-29-8-4-5-9-32(29)39-36(31)37(40)25-12-14-28(38)15-13-25;1-17(2)25(18(3)4)29(26(19(5)6)20(7)8)30(27(21(9)10)22(11)12)28(23(13)14)24(15)16/h2-15,18-19,21,33,37,39H,16-17,20,22H2,1H3;. The molecule has 3 heterocycles. The van der Waals surface area contributed by atoms with Crippen molar-refractivity contribution < 1.29 is 13.9 Å². The highest BCUT2D eigenvalue weighted by molar-refractivity contribution is 8.27. The molecular weight excluding hydrogens is 848 g/mol. The van der Waals surface area contributed by atoms with Crippen molar-refractivity contribution in [3.05, 3.63) is 142 Å². The number of ether oxygens (including phenoxy) is 2. The summed E-state index contributed by atoms with van der Waals surface area (Å²) in [6.45, 7) is 1.36. The lowest BCUT2D eigenvalue weighted by molar-refractivity contribution is 0.127. The third kappa shape index (κ3) is 12.4. The Morgan fingerprint density at radius 2 is 1.08 bits per heavy atom. The first-order valence-corrected chi connectivity index (χ1v) is 24.2. The molecule has 8 rings (SSSR count). The molecule has 298 valence electrons. The summed E-state index contributed by atoms with van der Waals surface area (Å²) >= 11 is 0. The zero-order valence-corrected chi connectivity index (χ0v) is 40.8. The van der Waals surface area contributed by atoms with Crippen LogP contribution in [0.2, 0.25) is 0 Å². The summed E-state index contributed by atoms with van der Waals surface area (Å²) in [5, 5.41) is 3.68. The molecule has 4 nitrogen and oxygen atoms in total. The monoisotopic (exact) mass is 885 g/mol. The summed E-state index contributed by atoms with van der Waals surface area (Å²) in [7, 11) is 98.1. The van der Waals surface area contributed by atoms with Crippen LogP contribution in [0.5, 0.6) is 11.5 Å². The van der Waals surface area contributed by atoms with Gasteiger partial charge in [-0.2, -0.15) is 0 Å². The molecule has 35 heteroatoms. The molecule has 0 spiro atoms. The molecule has 0 saturated heterocycles. The smallest absolute Gasteiger partial charge is 0.162 e. The Hall–Kier alpha value is -2.66. The van der Waals surface area contributed by atoms with Crippen LogP contribution in [-0.2, 0) is 19.4 Å². The van der Waals surface area contributed by atoms with Gasteiger partial charge in [-0.3, -0.25) is 4.90 Å². The van der Waals surface area contributed by atoms with E-state index in [1.807, 2.05) is 12.1 Å². The average Bonchev–Trinajstić information content (AvgIpc) is 3.69. The summed E-state index contributed by atoms with van der Waals surface area (Å²) in [4.78, 5) is 6.31. The Morgan fingerprint density at radius 3 is 1.61 bits per heavy atom. The van der Waals surface area contributed by atoms with Crippen LogP contribution in [0.3, 0.4) is 0 Å². The fraction of sp³-hybridized carbons (Fsp3) is 0.189. The van der Waals surface area contributed by atoms with Crippen molar-refractivity contribution in [2.45, 2.75) is 31.5 Å². The first-order valence-electron chi connectivity index (χ1n) is 24.2. The van der Waals surface area contributed by atoms with Crippen molar-refractivity contribution in [1.29, 1.82) is 0 Å². The lowest BCUT2D eigenvalue weighted by Crippen LogP contribution is -2.88. The first-order chi connectivity index (χ1) is 34.2. The van der Waals surface area contributed by atoms with Crippen molar-refractivity contribution >= 4 is 235 Å². The van der Waals surface area contributed by atoms with E-state index in [9.17, 15) is 4.39 Å².